The molecule has 6 rings (SSSR count). The number of benzene rings is 3. The zero-order valence-corrected chi connectivity index (χ0v) is 39.5. The molecule has 2 N–H and O–H groups in total. The summed E-state index contributed by atoms with van der Waals surface area (Å²) in [5.74, 6) is 0.205. The Kier molecular flexibility index (Phi) is 15.0. The molecule has 14 heteroatoms. The zero-order valence-electron chi connectivity index (χ0n) is 34.7. The van der Waals surface area contributed by atoms with Gasteiger partial charge in [-0.15, -0.1) is 0 Å². The molecule has 308 valence electrons. The van der Waals surface area contributed by atoms with Gasteiger partial charge in [-0.05, 0) is 123 Å². The van der Waals surface area contributed by atoms with Crippen molar-refractivity contribution in [1.82, 2.24) is 5.32 Å². The first kappa shape index (κ1) is 46.9. The minimum Gasteiger partial charge on any atom is -0.744 e. The molecule has 2 heterocycles. The second kappa shape index (κ2) is 18.8. The molecule has 0 fully saturated rings. The van der Waals surface area contributed by atoms with Gasteiger partial charge in [0.1, 0.15) is 33.0 Å². The van der Waals surface area contributed by atoms with Gasteiger partial charge < -0.3 is 24.4 Å². The number of anilines is 1. The van der Waals surface area contributed by atoms with Crippen molar-refractivity contribution < 1.29 is 91.8 Å². The Morgan fingerprint density at radius 3 is 2.19 bits per heavy atom. The number of aromatic hydroxyl groups is 1. The molecule has 3 aromatic rings. The molecule has 0 spiro atoms. The van der Waals surface area contributed by atoms with Crippen LogP contribution >= 0.6 is 0 Å². The molecule has 3 aromatic carbocycles. The molecule has 0 aromatic heterocycles. The van der Waals surface area contributed by atoms with Crippen LogP contribution in [0.2, 0.25) is 0 Å². The Balaban J connectivity index is 0.00000661. The predicted octanol–water partition coefficient (Wildman–Crippen LogP) is 4.40. The summed E-state index contributed by atoms with van der Waals surface area (Å²) in [5.41, 5.74) is 7.43. The van der Waals surface area contributed by atoms with E-state index in [1.165, 1.54) is 24.3 Å². The van der Waals surface area contributed by atoms with E-state index in [2.05, 4.69) is 40.6 Å². The van der Waals surface area contributed by atoms with Crippen LogP contribution in [-0.2, 0) is 42.3 Å². The van der Waals surface area contributed by atoms with Gasteiger partial charge in [0, 0.05) is 54.0 Å². The fourth-order valence-electron chi connectivity index (χ4n) is 8.37. The van der Waals surface area contributed by atoms with E-state index in [4.69, 9.17) is 0 Å². The number of rotatable bonds is 14. The zero-order chi connectivity index (χ0) is 42.0. The average Bonchev–Trinajstić information content (AvgIpc) is 3.49. The monoisotopic (exact) mass is 865 g/mol. The topological polar surface area (TPSA) is 170 Å². The Hall–Kier alpha value is -3.18. The summed E-state index contributed by atoms with van der Waals surface area (Å²) < 4.78 is 73.4. The number of nitrogens with one attached hydrogen (secondary N) is 1. The normalized spacial score (nSPS) is 18.6. The van der Waals surface area contributed by atoms with Crippen LogP contribution in [0.25, 0.3) is 0 Å². The van der Waals surface area contributed by atoms with Gasteiger partial charge in [0.15, 0.2) is 5.71 Å². The van der Waals surface area contributed by atoms with Gasteiger partial charge >= 0.3 is 51.4 Å². The number of carbonyl (C=O) groups is 1. The van der Waals surface area contributed by atoms with E-state index >= 15 is 0 Å². The summed E-state index contributed by atoms with van der Waals surface area (Å²) in [6, 6.07) is 16.1. The third-order valence-electron chi connectivity index (χ3n) is 11.6. The Morgan fingerprint density at radius 2 is 1.51 bits per heavy atom. The van der Waals surface area contributed by atoms with Crippen molar-refractivity contribution in [3.8, 4) is 5.75 Å². The fourth-order valence-corrected chi connectivity index (χ4v) is 9.36. The van der Waals surface area contributed by atoms with Crippen LogP contribution in [0.5, 0.6) is 5.75 Å². The molecule has 0 atom stereocenters. The van der Waals surface area contributed by atoms with E-state index < -0.39 is 31.1 Å². The van der Waals surface area contributed by atoms with Gasteiger partial charge in [-0.1, -0.05) is 50.6 Å². The Bertz CT molecular complexity index is 2480. The number of amides is 1. The van der Waals surface area contributed by atoms with Crippen molar-refractivity contribution in [2.24, 2.45) is 0 Å². The second-order valence-electron chi connectivity index (χ2n) is 16.4. The largest absolute Gasteiger partial charge is 1.00 e. The summed E-state index contributed by atoms with van der Waals surface area (Å²) in [7, 11) is -7.30. The number of unbranched alkanes of at least 4 members (excludes halogenated alkanes) is 2. The van der Waals surface area contributed by atoms with Crippen LogP contribution in [-0.4, -0.2) is 67.4 Å². The SMILES string of the molecule is C[N+]1=C(/C=C/C2=CC(=C/C=C3/N(CCCCCC(=O)NCCc4ccc(O)cc4)c4ccc(S(=O)(=O)[O-])cc4C3(C)C)/CCC2)C(C)(C)c2cc(S(=O)(=O)[O-])ccc21.[K+]. The molecule has 1 amide bonds. The molecular formula is C45H52KN3O8S2. The Labute approximate surface area is 391 Å². The molecule has 59 heavy (non-hydrogen) atoms. The quantitative estimate of drug-likeness (QED) is 0.103. The van der Waals surface area contributed by atoms with Crippen LogP contribution in [0.15, 0.2) is 118 Å². The predicted molar refractivity (Wildman–Crippen MR) is 224 cm³/mol. The first-order valence-corrected chi connectivity index (χ1v) is 22.5. The van der Waals surface area contributed by atoms with Gasteiger partial charge in [0.05, 0.1) is 15.2 Å². The van der Waals surface area contributed by atoms with Gasteiger partial charge in [0.25, 0.3) is 0 Å². The smallest absolute Gasteiger partial charge is 0.744 e. The second-order valence-corrected chi connectivity index (χ2v) is 19.1. The van der Waals surface area contributed by atoms with Crippen molar-refractivity contribution in [2.75, 3.05) is 25.0 Å². The van der Waals surface area contributed by atoms with Crippen molar-refractivity contribution in [3.05, 3.63) is 125 Å². The van der Waals surface area contributed by atoms with Crippen LogP contribution in [0.3, 0.4) is 0 Å². The standard InChI is InChI=1S/C45H53N3O8S2.K/c1-44(2)37-29-35(57(51,52)53)19-21-39(37)47(5)41(44)23-15-32-10-9-11-33(28-32)16-24-42-45(3,4)38-30-36(58(54,55)56)20-22-40(38)48(42)27-8-6-7-12-43(50)46-26-25-31-13-17-34(49)18-14-31;/h13-24,28-30H,6-12,25-27H2,1-5H3,(H3-,46,49,50,51,52,53,54,55,56);/q;+1/p-1. The van der Waals surface area contributed by atoms with E-state index in [-0.39, 0.29) is 72.8 Å². The van der Waals surface area contributed by atoms with E-state index in [1.54, 1.807) is 24.3 Å². The van der Waals surface area contributed by atoms with Crippen molar-refractivity contribution >= 4 is 43.2 Å². The summed E-state index contributed by atoms with van der Waals surface area (Å²) in [6.45, 7) is 9.28. The summed E-state index contributed by atoms with van der Waals surface area (Å²) in [6.07, 6.45) is 16.7. The van der Waals surface area contributed by atoms with Crippen molar-refractivity contribution in [2.45, 2.75) is 99.7 Å². The maximum absolute atomic E-state index is 12.5. The number of nitrogens with zero attached hydrogens (tertiary/aromatic N) is 2. The third-order valence-corrected chi connectivity index (χ3v) is 13.3. The third kappa shape index (κ3) is 10.8. The molecule has 1 aliphatic carbocycles. The maximum Gasteiger partial charge on any atom is 1.00 e. The van der Waals surface area contributed by atoms with Crippen LogP contribution in [0.1, 0.15) is 89.3 Å². The van der Waals surface area contributed by atoms with E-state index in [0.717, 1.165) is 82.7 Å². The van der Waals surface area contributed by atoms with Gasteiger partial charge in [0.2, 0.25) is 11.6 Å². The molecule has 0 bridgehead atoms. The maximum atomic E-state index is 12.5. The van der Waals surface area contributed by atoms with Crippen molar-refractivity contribution in [1.29, 1.82) is 0 Å². The number of fused-ring (bicyclic) bond motifs is 2. The average molecular weight is 866 g/mol. The molecule has 3 aliphatic rings. The minimum atomic E-state index is -4.65. The molecule has 0 radical (unpaired) electrons. The molecule has 0 saturated carbocycles. The van der Waals surface area contributed by atoms with Crippen LogP contribution < -0.4 is 61.6 Å². The number of allylic oxidation sites excluding steroid dienone is 8. The summed E-state index contributed by atoms with van der Waals surface area (Å²) in [4.78, 5) is 14.2. The molecule has 0 saturated heterocycles. The molecular weight excluding hydrogens is 814 g/mol. The number of phenolic OH excluding ortho intramolecular Hbond substituents is 1. The van der Waals surface area contributed by atoms with Crippen LogP contribution in [0.4, 0.5) is 11.4 Å². The van der Waals surface area contributed by atoms with E-state index in [0.29, 0.717) is 32.4 Å². The fraction of sp³-hybridized carbons (Fsp3) is 0.378. The molecule has 0 unspecified atom stereocenters. The van der Waals surface area contributed by atoms with E-state index in [1.807, 2.05) is 51.5 Å². The number of hydrogen-bond donors (Lipinski definition) is 2. The van der Waals surface area contributed by atoms with Crippen molar-refractivity contribution in [3.63, 3.8) is 0 Å². The minimum absolute atomic E-state index is 0. The summed E-state index contributed by atoms with van der Waals surface area (Å²) in [5, 5.41) is 12.4. The molecule has 2 aliphatic heterocycles. The molecule has 11 nitrogen and oxygen atoms in total. The Morgan fingerprint density at radius 1 is 0.847 bits per heavy atom. The van der Waals surface area contributed by atoms with Gasteiger partial charge in [-0.25, -0.2) is 16.8 Å². The first-order chi connectivity index (χ1) is 27.3. The van der Waals surface area contributed by atoms with Gasteiger partial charge in [-0.2, -0.15) is 4.58 Å². The summed E-state index contributed by atoms with van der Waals surface area (Å²) >= 11 is 0. The number of hydrogen-bond acceptors (Lipinski definition) is 9. The van der Waals surface area contributed by atoms with Gasteiger partial charge in [-0.3, -0.25) is 4.79 Å². The first-order valence-electron chi connectivity index (χ1n) is 19.7. The van der Waals surface area contributed by atoms with E-state index in [9.17, 15) is 35.8 Å². The number of carbonyl (C=O) groups excluding carboxylic acids is 1. The van der Waals surface area contributed by atoms with Crippen LogP contribution in [0, 0.1) is 0 Å². The number of phenols is 1.